The molecule has 0 bridgehead atoms. The molecule has 1 heterocycles. The van der Waals surface area contributed by atoms with Crippen molar-refractivity contribution in [3.8, 4) is 0 Å². The van der Waals surface area contributed by atoms with Crippen LogP contribution in [0.5, 0.6) is 0 Å². The summed E-state index contributed by atoms with van der Waals surface area (Å²) in [6.45, 7) is 4.67. The normalized spacial score (nSPS) is 33.9. The number of nitrogens with zero attached hydrogens (tertiary/aromatic N) is 4. The Kier molecular flexibility index (Phi) is 4.04. The molecule has 0 aliphatic heterocycles. The third kappa shape index (κ3) is 2.80. The van der Waals surface area contributed by atoms with Gasteiger partial charge in [0.05, 0.1) is 0 Å². The van der Waals surface area contributed by atoms with Crippen molar-refractivity contribution in [2.75, 3.05) is 7.05 Å². The molecule has 1 fully saturated rings. The Balaban J connectivity index is 2.09. The minimum absolute atomic E-state index is 0.551. The van der Waals surface area contributed by atoms with E-state index in [1.165, 1.54) is 12.8 Å². The zero-order valence-corrected chi connectivity index (χ0v) is 11.7. The summed E-state index contributed by atoms with van der Waals surface area (Å²) in [6, 6.07) is 0.551. The van der Waals surface area contributed by atoms with Gasteiger partial charge in [-0.15, -0.1) is 5.10 Å². The highest BCUT2D eigenvalue weighted by atomic mass is 32.2. The van der Waals surface area contributed by atoms with Crippen LogP contribution in [0.4, 0.5) is 0 Å². The second kappa shape index (κ2) is 5.35. The average Bonchev–Trinajstić information content (AvgIpc) is 2.68. The van der Waals surface area contributed by atoms with Gasteiger partial charge in [0.2, 0.25) is 5.16 Å². The molecule has 0 spiro atoms. The van der Waals surface area contributed by atoms with Crippen LogP contribution in [0.15, 0.2) is 5.16 Å². The van der Waals surface area contributed by atoms with E-state index >= 15 is 0 Å². The first-order valence-electron chi connectivity index (χ1n) is 6.18. The highest BCUT2D eigenvalue weighted by molar-refractivity contribution is 7.99. The van der Waals surface area contributed by atoms with Gasteiger partial charge >= 0.3 is 0 Å². The Labute approximate surface area is 107 Å². The summed E-state index contributed by atoms with van der Waals surface area (Å²) in [7, 11) is 3.95. The maximum absolute atomic E-state index is 4.07. The van der Waals surface area contributed by atoms with Crippen molar-refractivity contribution >= 4 is 11.8 Å². The summed E-state index contributed by atoms with van der Waals surface area (Å²) in [5, 5.41) is 16.6. The minimum atomic E-state index is 0.551. The van der Waals surface area contributed by atoms with Gasteiger partial charge in [-0.1, -0.05) is 25.6 Å². The summed E-state index contributed by atoms with van der Waals surface area (Å²) in [5.41, 5.74) is 0. The lowest BCUT2D eigenvalue weighted by molar-refractivity contribution is 0.256. The Morgan fingerprint density at radius 2 is 2.12 bits per heavy atom. The SMILES string of the molecule is CNC1CC(C)CC(C)C1Sc1nnnn1C. The van der Waals surface area contributed by atoms with Crippen LogP contribution < -0.4 is 5.32 Å². The van der Waals surface area contributed by atoms with Crippen LogP contribution in [0.3, 0.4) is 0 Å². The zero-order valence-electron chi connectivity index (χ0n) is 10.9. The first kappa shape index (κ1) is 12.8. The van der Waals surface area contributed by atoms with Gasteiger partial charge in [0.25, 0.3) is 0 Å². The number of nitrogens with one attached hydrogen (secondary N) is 1. The van der Waals surface area contributed by atoms with Crippen LogP contribution >= 0.6 is 11.8 Å². The van der Waals surface area contributed by atoms with Crippen LogP contribution in [-0.2, 0) is 7.05 Å². The van der Waals surface area contributed by atoms with E-state index in [0.29, 0.717) is 17.2 Å². The van der Waals surface area contributed by atoms with Crippen LogP contribution in [-0.4, -0.2) is 38.5 Å². The van der Waals surface area contributed by atoms with Gasteiger partial charge in [0.15, 0.2) is 0 Å². The van der Waals surface area contributed by atoms with Crippen molar-refractivity contribution < 1.29 is 0 Å². The van der Waals surface area contributed by atoms with Gasteiger partial charge in [-0.05, 0) is 42.2 Å². The maximum Gasteiger partial charge on any atom is 0.209 e. The van der Waals surface area contributed by atoms with E-state index in [1.807, 2.05) is 7.05 Å². The largest absolute Gasteiger partial charge is 0.316 e. The third-order valence-electron chi connectivity index (χ3n) is 3.58. The van der Waals surface area contributed by atoms with Gasteiger partial charge in [0, 0.05) is 18.3 Å². The number of rotatable bonds is 3. The van der Waals surface area contributed by atoms with Crippen molar-refractivity contribution in [2.24, 2.45) is 18.9 Å². The van der Waals surface area contributed by atoms with Crippen molar-refractivity contribution in [1.82, 2.24) is 25.5 Å². The molecule has 2 rings (SSSR count). The fourth-order valence-corrected chi connectivity index (χ4v) is 4.02. The highest BCUT2D eigenvalue weighted by Crippen LogP contribution is 2.38. The van der Waals surface area contributed by atoms with Gasteiger partial charge in [-0.2, -0.15) is 0 Å². The van der Waals surface area contributed by atoms with E-state index in [2.05, 4.69) is 41.7 Å². The molecule has 1 aromatic heterocycles. The van der Waals surface area contributed by atoms with Crippen LogP contribution in [0.25, 0.3) is 0 Å². The van der Waals surface area contributed by atoms with Gasteiger partial charge in [-0.3, -0.25) is 0 Å². The van der Waals surface area contributed by atoms with Crippen LogP contribution in [0.1, 0.15) is 26.7 Å². The number of aromatic nitrogens is 4. The standard InChI is InChI=1S/C11H21N5S/c1-7-5-8(2)10(9(6-7)12-3)17-11-13-14-15-16(11)4/h7-10,12H,5-6H2,1-4H3. The molecule has 4 unspecified atom stereocenters. The van der Waals surface area contributed by atoms with Crippen LogP contribution in [0, 0.1) is 11.8 Å². The van der Waals surface area contributed by atoms with E-state index < -0.39 is 0 Å². The molecular weight excluding hydrogens is 234 g/mol. The molecule has 4 atom stereocenters. The Hall–Kier alpha value is -0.620. The van der Waals surface area contributed by atoms with Crippen molar-refractivity contribution in [3.63, 3.8) is 0 Å². The number of hydrogen-bond acceptors (Lipinski definition) is 5. The lowest BCUT2D eigenvalue weighted by atomic mass is 9.80. The number of thioether (sulfide) groups is 1. The summed E-state index contributed by atoms with van der Waals surface area (Å²) in [4.78, 5) is 0. The first-order chi connectivity index (χ1) is 8.11. The van der Waals surface area contributed by atoms with Gasteiger partial charge in [-0.25, -0.2) is 4.68 Å². The predicted molar refractivity (Wildman–Crippen MR) is 68.9 cm³/mol. The van der Waals surface area contributed by atoms with Gasteiger partial charge in [0.1, 0.15) is 0 Å². The monoisotopic (exact) mass is 255 g/mol. The molecule has 1 saturated carbocycles. The molecule has 0 aromatic carbocycles. The Morgan fingerprint density at radius 1 is 1.35 bits per heavy atom. The average molecular weight is 255 g/mol. The minimum Gasteiger partial charge on any atom is -0.316 e. The number of tetrazole rings is 1. The first-order valence-corrected chi connectivity index (χ1v) is 7.06. The van der Waals surface area contributed by atoms with Crippen molar-refractivity contribution in [1.29, 1.82) is 0 Å². The van der Waals surface area contributed by atoms with E-state index in [1.54, 1.807) is 16.4 Å². The fourth-order valence-electron chi connectivity index (χ4n) is 2.75. The van der Waals surface area contributed by atoms with Gasteiger partial charge < -0.3 is 5.32 Å². The summed E-state index contributed by atoms with van der Waals surface area (Å²) < 4.78 is 1.75. The lowest BCUT2D eigenvalue weighted by Crippen LogP contribution is -2.44. The van der Waals surface area contributed by atoms with E-state index in [4.69, 9.17) is 0 Å². The highest BCUT2D eigenvalue weighted by Gasteiger charge is 2.34. The second-order valence-corrected chi connectivity index (χ2v) is 6.26. The molecule has 96 valence electrons. The Morgan fingerprint density at radius 3 is 2.71 bits per heavy atom. The molecule has 17 heavy (non-hydrogen) atoms. The fraction of sp³-hybridized carbons (Fsp3) is 0.909. The van der Waals surface area contributed by atoms with Crippen molar-refractivity contribution in [2.45, 2.75) is 43.1 Å². The van der Waals surface area contributed by atoms with Crippen LogP contribution in [0.2, 0.25) is 0 Å². The molecule has 0 amide bonds. The molecule has 5 nitrogen and oxygen atoms in total. The molecule has 1 N–H and O–H groups in total. The molecule has 1 aliphatic rings. The zero-order chi connectivity index (χ0) is 12.4. The molecular formula is C11H21N5S. The number of aryl methyl sites for hydroxylation is 1. The topological polar surface area (TPSA) is 55.6 Å². The second-order valence-electron chi connectivity index (χ2n) is 5.12. The Bertz CT molecular complexity index is 366. The molecule has 1 aromatic rings. The van der Waals surface area contributed by atoms with E-state index in [-0.39, 0.29) is 0 Å². The molecule has 1 aliphatic carbocycles. The molecule has 0 saturated heterocycles. The predicted octanol–water partition coefficient (Wildman–Crippen LogP) is 1.32. The quantitative estimate of drug-likeness (QED) is 0.883. The summed E-state index contributed by atoms with van der Waals surface area (Å²) in [6.07, 6.45) is 2.53. The van der Waals surface area contributed by atoms with E-state index in [0.717, 1.165) is 11.1 Å². The molecule has 6 heteroatoms. The molecule has 0 radical (unpaired) electrons. The lowest BCUT2D eigenvalue weighted by Gasteiger charge is -2.38. The summed E-state index contributed by atoms with van der Waals surface area (Å²) >= 11 is 1.80. The van der Waals surface area contributed by atoms with E-state index in [9.17, 15) is 0 Å². The third-order valence-corrected chi connectivity index (χ3v) is 5.20. The maximum atomic E-state index is 4.07. The number of hydrogen-bond donors (Lipinski definition) is 1. The summed E-state index contributed by atoms with van der Waals surface area (Å²) in [5.74, 6) is 1.50. The smallest absolute Gasteiger partial charge is 0.209 e. The van der Waals surface area contributed by atoms with Crippen molar-refractivity contribution in [3.05, 3.63) is 0 Å².